The molecular formula is C14H14O2. The number of rotatable bonds is 1. The first-order valence-corrected chi connectivity index (χ1v) is 5.17. The van der Waals surface area contributed by atoms with Crippen LogP contribution in [0.25, 0.3) is 11.1 Å². The normalized spacial score (nSPS) is 10.4. The standard InChI is InChI=1S/C14H14O2/c1-9-3-5-11(15)7-13(9)14-8-12(16)6-4-10(14)2/h3-8,15-16H,1-2H3. The molecular weight excluding hydrogens is 200 g/mol. The van der Waals surface area contributed by atoms with Crippen LogP contribution in [-0.4, -0.2) is 10.2 Å². The highest BCUT2D eigenvalue weighted by Crippen LogP contribution is 2.31. The molecule has 0 spiro atoms. The fourth-order valence-electron chi connectivity index (χ4n) is 1.80. The van der Waals surface area contributed by atoms with Gasteiger partial charge in [-0.1, -0.05) is 12.1 Å². The molecule has 0 aromatic heterocycles. The maximum Gasteiger partial charge on any atom is 0.116 e. The lowest BCUT2D eigenvalue weighted by atomic mass is 9.96. The number of benzene rings is 2. The van der Waals surface area contributed by atoms with Gasteiger partial charge in [0.2, 0.25) is 0 Å². The number of aromatic hydroxyl groups is 2. The van der Waals surface area contributed by atoms with E-state index < -0.39 is 0 Å². The van der Waals surface area contributed by atoms with Crippen molar-refractivity contribution in [2.24, 2.45) is 0 Å². The smallest absolute Gasteiger partial charge is 0.116 e. The predicted molar refractivity (Wildman–Crippen MR) is 64.7 cm³/mol. The van der Waals surface area contributed by atoms with Crippen LogP contribution in [0.4, 0.5) is 0 Å². The Morgan fingerprint density at radius 1 is 0.688 bits per heavy atom. The van der Waals surface area contributed by atoms with Gasteiger partial charge in [-0.25, -0.2) is 0 Å². The van der Waals surface area contributed by atoms with Gasteiger partial charge in [0.25, 0.3) is 0 Å². The molecule has 0 bridgehead atoms. The highest BCUT2D eigenvalue weighted by molar-refractivity contribution is 5.72. The summed E-state index contributed by atoms with van der Waals surface area (Å²) in [6.07, 6.45) is 0. The molecule has 2 rings (SSSR count). The van der Waals surface area contributed by atoms with Gasteiger partial charge in [0.05, 0.1) is 0 Å². The van der Waals surface area contributed by atoms with Crippen LogP contribution in [0.3, 0.4) is 0 Å². The van der Waals surface area contributed by atoms with Crippen molar-refractivity contribution in [2.45, 2.75) is 13.8 Å². The van der Waals surface area contributed by atoms with Crippen molar-refractivity contribution < 1.29 is 10.2 Å². The lowest BCUT2D eigenvalue weighted by molar-refractivity contribution is 0.474. The number of hydrogen-bond acceptors (Lipinski definition) is 2. The SMILES string of the molecule is Cc1ccc(O)cc1-c1cc(O)ccc1C. The Balaban J connectivity index is 2.66. The summed E-state index contributed by atoms with van der Waals surface area (Å²) in [5.74, 6) is 0.478. The van der Waals surface area contributed by atoms with Crippen molar-refractivity contribution >= 4 is 0 Å². The molecule has 0 fully saturated rings. The van der Waals surface area contributed by atoms with Gasteiger partial charge in [-0.05, 0) is 60.4 Å². The summed E-state index contributed by atoms with van der Waals surface area (Å²) in [4.78, 5) is 0. The van der Waals surface area contributed by atoms with Crippen LogP contribution < -0.4 is 0 Å². The van der Waals surface area contributed by atoms with Gasteiger partial charge in [-0.2, -0.15) is 0 Å². The van der Waals surface area contributed by atoms with E-state index in [1.807, 2.05) is 26.0 Å². The zero-order valence-electron chi connectivity index (χ0n) is 9.36. The first kappa shape index (κ1) is 10.6. The molecule has 0 atom stereocenters. The lowest BCUT2D eigenvalue weighted by Crippen LogP contribution is -1.86. The second-order valence-electron chi connectivity index (χ2n) is 4.00. The second kappa shape index (κ2) is 3.89. The molecule has 0 saturated heterocycles. The minimum atomic E-state index is 0.239. The number of phenolic OH excluding ortho intramolecular Hbond substituents is 2. The minimum Gasteiger partial charge on any atom is -0.508 e. The zero-order chi connectivity index (χ0) is 11.7. The quantitative estimate of drug-likeness (QED) is 0.764. The molecule has 0 amide bonds. The van der Waals surface area contributed by atoms with E-state index in [0.717, 1.165) is 22.3 Å². The van der Waals surface area contributed by atoms with Crippen molar-refractivity contribution in [1.29, 1.82) is 0 Å². The molecule has 2 aromatic rings. The van der Waals surface area contributed by atoms with E-state index in [-0.39, 0.29) is 11.5 Å². The maximum atomic E-state index is 9.50. The van der Waals surface area contributed by atoms with Crippen LogP contribution in [-0.2, 0) is 0 Å². The minimum absolute atomic E-state index is 0.239. The molecule has 0 unspecified atom stereocenters. The largest absolute Gasteiger partial charge is 0.508 e. The first-order chi connectivity index (χ1) is 7.58. The van der Waals surface area contributed by atoms with Gasteiger partial charge in [0, 0.05) is 0 Å². The summed E-state index contributed by atoms with van der Waals surface area (Å²) in [6.45, 7) is 3.97. The molecule has 0 aliphatic carbocycles. The van der Waals surface area contributed by atoms with Crippen LogP contribution in [0, 0.1) is 13.8 Å². The van der Waals surface area contributed by atoms with Crippen LogP contribution in [0.2, 0.25) is 0 Å². The van der Waals surface area contributed by atoms with E-state index in [1.54, 1.807) is 24.3 Å². The Morgan fingerprint density at radius 2 is 1.06 bits per heavy atom. The van der Waals surface area contributed by atoms with Gasteiger partial charge < -0.3 is 10.2 Å². The van der Waals surface area contributed by atoms with E-state index in [2.05, 4.69) is 0 Å². The first-order valence-electron chi connectivity index (χ1n) is 5.17. The maximum absolute atomic E-state index is 9.50. The Morgan fingerprint density at radius 3 is 1.44 bits per heavy atom. The summed E-state index contributed by atoms with van der Waals surface area (Å²) in [6, 6.07) is 10.5. The fourth-order valence-corrected chi connectivity index (χ4v) is 1.80. The zero-order valence-corrected chi connectivity index (χ0v) is 9.36. The van der Waals surface area contributed by atoms with Gasteiger partial charge in [-0.3, -0.25) is 0 Å². The van der Waals surface area contributed by atoms with Crippen LogP contribution >= 0.6 is 0 Å². The Bertz CT molecular complexity index is 481. The third kappa shape index (κ3) is 1.87. The van der Waals surface area contributed by atoms with E-state index in [4.69, 9.17) is 0 Å². The molecule has 2 aromatic carbocycles. The highest BCUT2D eigenvalue weighted by atomic mass is 16.3. The molecule has 16 heavy (non-hydrogen) atoms. The van der Waals surface area contributed by atoms with E-state index >= 15 is 0 Å². The Kier molecular flexibility index (Phi) is 2.57. The fraction of sp³-hybridized carbons (Fsp3) is 0.143. The second-order valence-corrected chi connectivity index (χ2v) is 4.00. The molecule has 0 radical (unpaired) electrons. The molecule has 2 N–H and O–H groups in total. The Labute approximate surface area is 94.8 Å². The van der Waals surface area contributed by atoms with Crippen molar-refractivity contribution in [2.75, 3.05) is 0 Å². The molecule has 0 aliphatic heterocycles. The number of aryl methyl sites for hydroxylation is 2. The predicted octanol–water partition coefficient (Wildman–Crippen LogP) is 3.38. The lowest BCUT2D eigenvalue weighted by Gasteiger charge is -2.10. The summed E-state index contributed by atoms with van der Waals surface area (Å²) in [5.41, 5.74) is 4.06. The van der Waals surface area contributed by atoms with Crippen LogP contribution in [0.5, 0.6) is 11.5 Å². The van der Waals surface area contributed by atoms with E-state index in [0.29, 0.717) is 0 Å². The monoisotopic (exact) mass is 214 g/mol. The summed E-state index contributed by atoms with van der Waals surface area (Å²) in [7, 11) is 0. The third-order valence-corrected chi connectivity index (χ3v) is 2.73. The van der Waals surface area contributed by atoms with Crippen LogP contribution in [0.15, 0.2) is 36.4 Å². The molecule has 0 saturated carbocycles. The topological polar surface area (TPSA) is 40.5 Å². The third-order valence-electron chi connectivity index (χ3n) is 2.73. The van der Waals surface area contributed by atoms with Crippen LogP contribution in [0.1, 0.15) is 11.1 Å². The van der Waals surface area contributed by atoms with Crippen molar-refractivity contribution in [3.05, 3.63) is 47.5 Å². The van der Waals surface area contributed by atoms with Gasteiger partial charge >= 0.3 is 0 Å². The van der Waals surface area contributed by atoms with Crippen molar-refractivity contribution in [1.82, 2.24) is 0 Å². The molecule has 0 heterocycles. The summed E-state index contributed by atoms with van der Waals surface area (Å²) >= 11 is 0. The number of phenols is 2. The molecule has 0 aliphatic rings. The van der Waals surface area contributed by atoms with Gasteiger partial charge in [0.1, 0.15) is 11.5 Å². The average Bonchev–Trinajstić information content (AvgIpc) is 2.25. The van der Waals surface area contributed by atoms with Crippen molar-refractivity contribution in [3.8, 4) is 22.6 Å². The average molecular weight is 214 g/mol. The van der Waals surface area contributed by atoms with Gasteiger partial charge in [-0.15, -0.1) is 0 Å². The Hall–Kier alpha value is -1.96. The summed E-state index contributed by atoms with van der Waals surface area (Å²) in [5, 5.41) is 19.0. The van der Waals surface area contributed by atoms with Crippen molar-refractivity contribution in [3.63, 3.8) is 0 Å². The summed E-state index contributed by atoms with van der Waals surface area (Å²) < 4.78 is 0. The molecule has 2 heteroatoms. The highest BCUT2D eigenvalue weighted by Gasteiger charge is 2.07. The van der Waals surface area contributed by atoms with E-state index in [9.17, 15) is 10.2 Å². The van der Waals surface area contributed by atoms with E-state index in [1.165, 1.54) is 0 Å². The number of hydrogen-bond donors (Lipinski definition) is 2. The van der Waals surface area contributed by atoms with Gasteiger partial charge in [0.15, 0.2) is 0 Å². The molecule has 82 valence electrons. The molecule has 2 nitrogen and oxygen atoms in total.